The number of benzene rings is 1. The van der Waals surface area contributed by atoms with Crippen molar-refractivity contribution in [1.82, 2.24) is 0 Å². The number of aryl methyl sites for hydroxylation is 1. The van der Waals surface area contributed by atoms with Crippen LogP contribution in [0, 0.1) is 0 Å². The van der Waals surface area contributed by atoms with Crippen LogP contribution in [-0.2, 0) is 11.0 Å². The summed E-state index contributed by atoms with van der Waals surface area (Å²) in [6.07, 6.45) is 0.147. The van der Waals surface area contributed by atoms with Gasteiger partial charge >= 0.3 is 8.69 Å². The van der Waals surface area contributed by atoms with Crippen LogP contribution in [0.5, 0.6) is 0 Å². The Hall–Kier alpha value is -0.800. The van der Waals surface area contributed by atoms with Gasteiger partial charge < -0.3 is 15.1 Å². The van der Waals surface area contributed by atoms with Crippen LogP contribution in [0.3, 0.4) is 0 Å². The van der Waals surface area contributed by atoms with E-state index in [1.807, 2.05) is 31.2 Å². The number of hydrogen-bond acceptors (Lipinski definition) is 3. The maximum absolute atomic E-state index is 9.39. The van der Waals surface area contributed by atoms with Gasteiger partial charge in [0.15, 0.2) is 0 Å². The van der Waals surface area contributed by atoms with Gasteiger partial charge in [-0.2, -0.15) is 0 Å². The molecule has 0 saturated carbocycles. The van der Waals surface area contributed by atoms with Gasteiger partial charge in [0.25, 0.3) is 0 Å². The summed E-state index contributed by atoms with van der Waals surface area (Å²) in [5, 5.41) is 18.1. The quantitative estimate of drug-likeness (QED) is 0.687. The molecule has 0 amide bonds. The fourth-order valence-corrected chi connectivity index (χ4v) is 1.28. The van der Waals surface area contributed by atoms with Crippen molar-refractivity contribution in [3.63, 3.8) is 0 Å². The lowest BCUT2D eigenvalue weighted by atomic mass is 10.0. The molecule has 1 unspecified atom stereocenters. The van der Waals surface area contributed by atoms with E-state index in [2.05, 4.69) is 0 Å². The molecule has 0 saturated heterocycles. The molecule has 1 aromatic rings. The van der Waals surface area contributed by atoms with Crippen molar-refractivity contribution in [3.05, 3.63) is 35.4 Å². The normalized spacial score (nSPS) is 11.7. The molecule has 1 rings (SSSR count). The van der Waals surface area contributed by atoms with E-state index in [0.717, 1.165) is 17.5 Å². The second-order valence-corrected chi connectivity index (χ2v) is 3.00. The van der Waals surface area contributed by atoms with Crippen molar-refractivity contribution in [2.45, 2.75) is 19.4 Å². The predicted molar refractivity (Wildman–Crippen MR) is 57.7 cm³/mol. The SMILES string of the molecule is CCc1ccccc1C(O)CO.O=PO. The number of rotatable bonds is 3. The Morgan fingerprint density at radius 3 is 2.40 bits per heavy atom. The predicted octanol–water partition coefficient (Wildman–Crippen LogP) is 1.46. The standard InChI is InChI=1S/C10H14O2.HO2P/c1-2-8-5-3-4-6-9(8)10(12)7-11;1-3-2/h3-6,10-12H,2,7H2,1H3;(H,1,2). The Labute approximate surface area is 90.5 Å². The minimum atomic E-state index is -0.833. The Morgan fingerprint density at radius 2 is 1.93 bits per heavy atom. The van der Waals surface area contributed by atoms with E-state index in [1.165, 1.54) is 0 Å². The third-order valence-corrected chi connectivity index (χ3v) is 1.97. The third kappa shape index (κ3) is 5.00. The first-order chi connectivity index (χ1) is 7.21. The number of hydrogen-bond donors (Lipinski definition) is 3. The van der Waals surface area contributed by atoms with Crippen LogP contribution in [0.25, 0.3) is 0 Å². The molecule has 0 bridgehead atoms. The number of aliphatic hydroxyl groups excluding tert-OH is 2. The molecule has 4 nitrogen and oxygen atoms in total. The Morgan fingerprint density at radius 1 is 1.40 bits per heavy atom. The molecule has 84 valence electrons. The first kappa shape index (κ1) is 14.2. The van der Waals surface area contributed by atoms with E-state index in [-0.39, 0.29) is 6.61 Å². The molecule has 0 radical (unpaired) electrons. The van der Waals surface area contributed by atoms with Crippen LogP contribution in [0.4, 0.5) is 0 Å². The highest BCUT2D eigenvalue weighted by Crippen LogP contribution is 2.17. The topological polar surface area (TPSA) is 77.8 Å². The van der Waals surface area contributed by atoms with E-state index in [9.17, 15) is 5.11 Å². The first-order valence-corrected chi connectivity index (χ1v) is 5.31. The van der Waals surface area contributed by atoms with Crippen LogP contribution < -0.4 is 0 Å². The van der Waals surface area contributed by atoms with Crippen molar-refractivity contribution in [2.75, 3.05) is 6.61 Å². The fourth-order valence-electron chi connectivity index (χ4n) is 1.28. The van der Waals surface area contributed by atoms with Gasteiger partial charge in [0.05, 0.1) is 6.61 Å². The van der Waals surface area contributed by atoms with Gasteiger partial charge in [-0.3, -0.25) is 0 Å². The lowest BCUT2D eigenvalue weighted by Gasteiger charge is -2.11. The second-order valence-electron chi connectivity index (χ2n) is 2.83. The molecule has 0 aliphatic rings. The zero-order valence-electron chi connectivity index (χ0n) is 8.50. The van der Waals surface area contributed by atoms with Crippen molar-refractivity contribution in [3.8, 4) is 0 Å². The Balaban J connectivity index is 0.000000583. The van der Waals surface area contributed by atoms with Gasteiger partial charge in [0.2, 0.25) is 0 Å². The van der Waals surface area contributed by atoms with Crippen molar-refractivity contribution in [1.29, 1.82) is 0 Å². The van der Waals surface area contributed by atoms with Crippen molar-refractivity contribution >= 4 is 8.69 Å². The number of aliphatic hydroxyl groups is 2. The average molecular weight is 230 g/mol. The third-order valence-electron chi connectivity index (χ3n) is 1.97. The van der Waals surface area contributed by atoms with Crippen LogP contribution in [0.15, 0.2) is 24.3 Å². The van der Waals surface area contributed by atoms with Crippen LogP contribution >= 0.6 is 8.69 Å². The van der Waals surface area contributed by atoms with E-state index < -0.39 is 14.8 Å². The minimum absolute atomic E-state index is 0.211. The largest absolute Gasteiger partial charge is 0.393 e. The molecule has 0 heterocycles. The van der Waals surface area contributed by atoms with Crippen molar-refractivity contribution in [2.24, 2.45) is 0 Å². The highest BCUT2D eigenvalue weighted by atomic mass is 31.1. The summed E-state index contributed by atoms with van der Waals surface area (Å²) in [4.78, 5) is 6.99. The molecule has 0 fully saturated rings. The van der Waals surface area contributed by atoms with Gasteiger partial charge in [0, 0.05) is 0 Å². The van der Waals surface area contributed by atoms with Gasteiger partial charge in [-0.1, -0.05) is 31.2 Å². The summed E-state index contributed by atoms with van der Waals surface area (Å²) in [5.74, 6) is 0. The maximum Gasteiger partial charge on any atom is 0.324 e. The molecule has 5 heteroatoms. The van der Waals surface area contributed by atoms with Crippen molar-refractivity contribution < 1.29 is 19.7 Å². The maximum atomic E-state index is 9.39. The summed E-state index contributed by atoms with van der Waals surface area (Å²) in [5.41, 5.74) is 1.93. The lowest BCUT2D eigenvalue weighted by molar-refractivity contribution is 0.0949. The monoisotopic (exact) mass is 230 g/mol. The van der Waals surface area contributed by atoms with Crippen LogP contribution in [0.1, 0.15) is 24.2 Å². The summed E-state index contributed by atoms with van der Waals surface area (Å²) in [7, 11) is -0.833. The smallest absolute Gasteiger partial charge is 0.324 e. The summed E-state index contributed by atoms with van der Waals surface area (Å²) < 4.78 is 8.46. The summed E-state index contributed by atoms with van der Waals surface area (Å²) >= 11 is 0. The van der Waals surface area contributed by atoms with Crippen LogP contribution in [0.2, 0.25) is 0 Å². The minimum Gasteiger partial charge on any atom is -0.393 e. The van der Waals surface area contributed by atoms with Gasteiger partial charge in [-0.15, -0.1) is 0 Å². The van der Waals surface area contributed by atoms with E-state index in [1.54, 1.807) is 0 Å². The highest BCUT2D eigenvalue weighted by Gasteiger charge is 2.08. The summed E-state index contributed by atoms with van der Waals surface area (Å²) in [6.45, 7) is 1.82. The second kappa shape index (κ2) is 8.50. The van der Waals surface area contributed by atoms with Gasteiger partial charge in [-0.25, -0.2) is 4.57 Å². The zero-order chi connectivity index (χ0) is 11.7. The molecule has 0 aliphatic heterocycles. The zero-order valence-corrected chi connectivity index (χ0v) is 9.39. The highest BCUT2D eigenvalue weighted by molar-refractivity contribution is 7.16. The van der Waals surface area contributed by atoms with Crippen LogP contribution in [-0.4, -0.2) is 21.7 Å². The van der Waals surface area contributed by atoms with Gasteiger partial charge in [0.1, 0.15) is 6.10 Å². The van der Waals surface area contributed by atoms with Gasteiger partial charge in [-0.05, 0) is 17.5 Å². The molecular weight excluding hydrogens is 215 g/mol. The molecule has 0 aliphatic carbocycles. The first-order valence-electron chi connectivity index (χ1n) is 4.54. The fraction of sp³-hybridized carbons (Fsp3) is 0.400. The molecule has 15 heavy (non-hydrogen) atoms. The molecular formula is C10H15O4P. The average Bonchev–Trinajstić information content (AvgIpc) is 2.29. The van der Waals surface area contributed by atoms with E-state index >= 15 is 0 Å². The molecule has 3 N–H and O–H groups in total. The lowest BCUT2D eigenvalue weighted by Crippen LogP contribution is -2.05. The molecule has 0 spiro atoms. The van der Waals surface area contributed by atoms with E-state index in [0.29, 0.717) is 0 Å². The Bertz CT molecular complexity index is 291. The van der Waals surface area contributed by atoms with E-state index in [4.69, 9.17) is 14.6 Å². The molecule has 1 aromatic carbocycles. The molecule has 1 atom stereocenters. The Kier molecular flexibility index (Phi) is 8.05. The summed E-state index contributed by atoms with van der Waals surface area (Å²) in [6, 6.07) is 7.62. The molecule has 0 aromatic heterocycles.